The normalized spacial score (nSPS) is 11.1. The van der Waals surface area contributed by atoms with E-state index >= 15 is 0 Å². The van der Waals surface area contributed by atoms with Crippen molar-refractivity contribution >= 4 is 44.6 Å². The Bertz CT molecular complexity index is 1180. The lowest BCUT2D eigenvalue weighted by Gasteiger charge is -2.23. The maximum atomic E-state index is 13.4. The molecular formula is C23H23ClN2O4S2. The number of amides is 1. The number of rotatable bonds is 10. The highest BCUT2D eigenvalue weighted by atomic mass is 35.5. The number of benzene rings is 2. The number of carbonyl (C=O) groups excluding carboxylic acids is 1. The standard InChI is InChI=1S/C23H23ClN2O4S2/c1-3-14-26(17-6-8-18(30-2)9-7-17)32(28,29)20-10-11-22(24)21(16-20)23(27)25-13-12-19-5-4-15-31-19/h3-11,15-16H,1,12-14H2,2H3,(H,25,27). The molecule has 1 aromatic heterocycles. The van der Waals surface area contributed by atoms with Gasteiger partial charge in [-0.25, -0.2) is 8.42 Å². The van der Waals surface area contributed by atoms with E-state index in [0.717, 1.165) is 4.88 Å². The number of thiophene rings is 1. The molecule has 9 heteroatoms. The van der Waals surface area contributed by atoms with Crippen molar-refractivity contribution in [3.05, 3.63) is 88.1 Å². The molecule has 0 bridgehead atoms. The molecule has 1 amide bonds. The zero-order valence-corrected chi connectivity index (χ0v) is 19.8. The third-order valence-corrected chi connectivity index (χ3v) is 7.72. The van der Waals surface area contributed by atoms with Gasteiger partial charge in [-0.05, 0) is 60.3 Å². The van der Waals surface area contributed by atoms with Crippen LogP contribution >= 0.6 is 22.9 Å². The summed E-state index contributed by atoms with van der Waals surface area (Å²) in [5.41, 5.74) is 0.551. The molecule has 0 aliphatic carbocycles. The number of hydrogen-bond donors (Lipinski definition) is 1. The predicted octanol–water partition coefficient (Wildman–Crippen LogP) is 4.76. The topological polar surface area (TPSA) is 75.7 Å². The first-order valence-corrected chi connectivity index (χ1v) is 12.4. The summed E-state index contributed by atoms with van der Waals surface area (Å²) in [6.07, 6.45) is 2.18. The number of halogens is 1. The number of methoxy groups -OCH3 is 1. The summed E-state index contributed by atoms with van der Waals surface area (Å²) < 4.78 is 33.2. The lowest BCUT2D eigenvalue weighted by molar-refractivity contribution is 0.0954. The van der Waals surface area contributed by atoms with Gasteiger partial charge in [0.2, 0.25) is 0 Å². The Morgan fingerprint density at radius 2 is 1.97 bits per heavy atom. The second-order valence-electron chi connectivity index (χ2n) is 6.75. The molecule has 0 aliphatic heterocycles. The van der Waals surface area contributed by atoms with Gasteiger partial charge in [-0.15, -0.1) is 17.9 Å². The quantitative estimate of drug-likeness (QED) is 0.415. The smallest absolute Gasteiger partial charge is 0.264 e. The maximum absolute atomic E-state index is 13.4. The molecule has 0 atom stereocenters. The van der Waals surface area contributed by atoms with Gasteiger partial charge in [0.15, 0.2) is 0 Å². The van der Waals surface area contributed by atoms with Crippen molar-refractivity contribution in [2.75, 3.05) is 24.5 Å². The van der Waals surface area contributed by atoms with E-state index in [-0.39, 0.29) is 22.0 Å². The third-order valence-electron chi connectivity index (χ3n) is 4.66. The average molecular weight is 491 g/mol. The number of carbonyl (C=O) groups is 1. The molecule has 168 valence electrons. The molecular weight excluding hydrogens is 468 g/mol. The van der Waals surface area contributed by atoms with E-state index < -0.39 is 15.9 Å². The molecule has 3 aromatic rings. The molecule has 6 nitrogen and oxygen atoms in total. The average Bonchev–Trinajstić information content (AvgIpc) is 3.31. The first-order chi connectivity index (χ1) is 15.4. The van der Waals surface area contributed by atoms with Crippen LogP contribution in [0.1, 0.15) is 15.2 Å². The number of hydrogen-bond acceptors (Lipinski definition) is 5. The zero-order valence-electron chi connectivity index (χ0n) is 17.5. The van der Waals surface area contributed by atoms with Crippen LogP contribution in [0.3, 0.4) is 0 Å². The summed E-state index contributed by atoms with van der Waals surface area (Å²) >= 11 is 7.82. The highest BCUT2D eigenvalue weighted by Crippen LogP contribution is 2.28. The molecule has 0 unspecified atom stereocenters. The number of sulfonamides is 1. The van der Waals surface area contributed by atoms with Gasteiger partial charge in [-0.2, -0.15) is 0 Å². The largest absolute Gasteiger partial charge is 0.497 e. The van der Waals surface area contributed by atoms with Crippen LogP contribution in [0, 0.1) is 0 Å². The third kappa shape index (κ3) is 5.51. The van der Waals surface area contributed by atoms with E-state index in [4.69, 9.17) is 16.3 Å². The molecule has 0 spiro atoms. The lowest BCUT2D eigenvalue weighted by atomic mass is 10.2. The zero-order chi connectivity index (χ0) is 23.1. The van der Waals surface area contributed by atoms with Crippen LogP contribution < -0.4 is 14.4 Å². The van der Waals surface area contributed by atoms with Crippen molar-refractivity contribution in [1.82, 2.24) is 5.32 Å². The lowest BCUT2D eigenvalue weighted by Crippen LogP contribution is -2.31. The molecule has 0 saturated heterocycles. The number of nitrogens with one attached hydrogen (secondary N) is 1. The molecule has 3 rings (SSSR count). The second kappa shape index (κ2) is 10.7. The molecule has 32 heavy (non-hydrogen) atoms. The van der Waals surface area contributed by atoms with Crippen molar-refractivity contribution < 1.29 is 17.9 Å². The van der Waals surface area contributed by atoms with Gasteiger partial charge in [-0.3, -0.25) is 9.10 Å². The Morgan fingerprint density at radius 1 is 1.22 bits per heavy atom. The van der Waals surface area contributed by atoms with Crippen molar-refractivity contribution in [2.45, 2.75) is 11.3 Å². The Morgan fingerprint density at radius 3 is 2.59 bits per heavy atom. The fraction of sp³-hybridized carbons (Fsp3) is 0.174. The molecule has 0 fully saturated rings. The van der Waals surface area contributed by atoms with E-state index in [1.165, 1.54) is 35.7 Å². The van der Waals surface area contributed by atoms with Gasteiger partial charge in [0.25, 0.3) is 15.9 Å². The molecule has 1 N–H and O–H groups in total. The van der Waals surface area contributed by atoms with Crippen molar-refractivity contribution in [3.63, 3.8) is 0 Å². The first kappa shape index (κ1) is 23.8. The SMILES string of the molecule is C=CCN(c1ccc(OC)cc1)S(=O)(=O)c1ccc(Cl)c(C(=O)NCCc2cccs2)c1. The van der Waals surface area contributed by atoms with Crippen LogP contribution in [-0.2, 0) is 16.4 Å². The minimum absolute atomic E-state index is 0.0389. The van der Waals surface area contributed by atoms with Gasteiger partial charge >= 0.3 is 0 Å². The van der Waals surface area contributed by atoms with E-state index in [1.807, 2.05) is 17.5 Å². The Balaban J connectivity index is 1.85. The number of nitrogens with zero attached hydrogens (tertiary/aromatic N) is 1. The number of anilines is 1. The monoisotopic (exact) mass is 490 g/mol. The maximum Gasteiger partial charge on any atom is 0.264 e. The second-order valence-corrected chi connectivity index (χ2v) is 10.1. The minimum atomic E-state index is -3.98. The Labute approximate surface area is 197 Å². The van der Waals surface area contributed by atoms with Crippen molar-refractivity contribution in [2.24, 2.45) is 0 Å². The van der Waals surface area contributed by atoms with Crippen molar-refractivity contribution in [1.29, 1.82) is 0 Å². The predicted molar refractivity (Wildman–Crippen MR) is 130 cm³/mol. The highest BCUT2D eigenvalue weighted by Gasteiger charge is 2.26. The van der Waals surface area contributed by atoms with E-state index in [2.05, 4.69) is 11.9 Å². The molecule has 0 radical (unpaired) electrons. The molecule has 2 aromatic carbocycles. The minimum Gasteiger partial charge on any atom is -0.497 e. The summed E-state index contributed by atoms with van der Waals surface area (Å²) in [5, 5.41) is 4.95. The first-order valence-electron chi connectivity index (χ1n) is 9.74. The van der Waals surface area contributed by atoms with E-state index in [0.29, 0.717) is 24.4 Å². The summed E-state index contributed by atoms with van der Waals surface area (Å²) in [5.74, 6) is 0.182. The molecule has 1 heterocycles. The van der Waals surface area contributed by atoms with Crippen LogP contribution in [0.5, 0.6) is 5.75 Å². The van der Waals surface area contributed by atoms with E-state index in [1.54, 1.807) is 35.6 Å². The Kier molecular flexibility index (Phi) is 7.95. The van der Waals surface area contributed by atoms with Gasteiger partial charge < -0.3 is 10.1 Å². The van der Waals surface area contributed by atoms with Gasteiger partial charge in [0, 0.05) is 11.4 Å². The van der Waals surface area contributed by atoms with Crippen LogP contribution in [0.4, 0.5) is 5.69 Å². The van der Waals surface area contributed by atoms with Gasteiger partial charge in [0.1, 0.15) is 5.75 Å². The van der Waals surface area contributed by atoms with Gasteiger partial charge in [0.05, 0.1) is 34.8 Å². The van der Waals surface area contributed by atoms with Crippen LogP contribution in [-0.4, -0.2) is 34.5 Å². The molecule has 0 saturated carbocycles. The van der Waals surface area contributed by atoms with Crippen molar-refractivity contribution in [3.8, 4) is 5.75 Å². The molecule has 0 aliphatic rings. The van der Waals surface area contributed by atoms with Gasteiger partial charge in [-0.1, -0.05) is 23.7 Å². The highest BCUT2D eigenvalue weighted by molar-refractivity contribution is 7.92. The summed E-state index contributed by atoms with van der Waals surface area (Å²) in [6.45, 7) is 4.14. The fourth-order valence-corrected chi connectivity index (χ4v) is 5.40. The van der Waals surface area contributed by atoms with E-state index in [9.17, 15) is 13.2 Å². The van der Waals surface area contributed by atoms with Crippen LogP contribution in [0.2, 0.25) is 5.02 Å². The van der Waals surface area contributed by atoms with Crippen LogP contribution in [0.25, 0.3) is 0 Å². The van der Waals surface area contributed by atoms with Crippen LogP contribution in [0.15, 0.2) is 77.5 Å². The Hall–Kier alpha value is -2.81. The summed E-state index contributed by atoms with van der Waals surface area (Å²) in [4.78, 5) is 13.8. The number of ether oxygens (including phenoxy) is 1. The summed E-state index contributed by atoms with van der Waals surface area (Å²) in [7, 11) is -2.44. The fourth-order valence-electron chi connectivity index (χ4n) is 3.02. The summed E-state index contributed by atoms with van der Waals surface area (Å²) in [6, 6.07) is 14.7.